The van der Waals surface area contributed by atoms with Gasteiger partial charge in [0.25, 0.3) is 0 Å². The lowest BCUT2D eigenvalue weighted by Gasteiger charge is -2.38. The molecule has 0 aromatic heterocycles. The van der Waals surface area contributed by atoms with E-state index in [-0.39, 0.29) is 23.3 Å². The average molecular weight is 276 g/mol. The van der Waals surface area contributed by atoms with E-state index in [9.17, 15) is 4.79 Å². The molecular formula is C17H28N2O+. The zero-order valence-electron chi connectivity index (χ0n) is 14.0. The molecule has 0 fully saturated rings. The summed E-state index contributed by atoms with van der Waals surface area (Å²) >= 11 is 0. The minimum atomic E-state index is -0.469. The van der Waals surface area contributed by atoms with Gasteiger partial charge in [0, 0.05) is 6.42 Å². The number of hydrogen-bond donors (Lipinski definition) is 0. The molecule has 0 atom stereocenters. The molecule has 1 rings (SSSR count). The van der Waals surface area contributed by atoms with Gasteiger partial charge < -0.3 is 0 Å². The molecular weight excluding hydrogens is 248 g/mol. The Balaban J connectivity index is 3.19. The Morgan fingerprint density at radius 3 is 2.30 bits per heavy atom. The normalized spacial score (nSPS) is 21.2. The zero-order chi connectivity index (χ0) is 15.8. The maximum Gasteiger partial charge on any atom is 0.372 e. The van der Waals surface area contributed by atoms with Crippen molar-refractivity contribution in [2.75, 3.05) is 6.54 Å². The van der Waals surface area contributed by atoms with Crippen LogP contribution in [0.25, 0.3) is 0 Å². The van der Waals surface area contributed by atoms with Gasteiger partial charge in [0.05, 0.1) is 5.41 Å². The molecule has 0 bridgehead atoms. The Hall–Kier alpha value is -1.14. The van der Waals surface area contributed by atoms with E-state index in [1.165, 1.54) is 0 Å². The third-order valence-electron chi connectivity index (χ3n) is 3.61. The second-order valence-corrected chi connectivity index (χ2v) is 8.44. The lowest BCUT2D eigenvalue weighted by Crippen LogP contribution is -2.46. The van der Waals surface area contributed by atoms with Gasteiger partial charge in [-0.1, -0.05) is 32.6 Å². The molecule has 0 aromatic rings. The fourth-order valence-corrected chi connectivity index (χ4v) is 3.29. The van der Waals surface area contributed by atoms with Gasteiger partial charge in [-0.05, 0) is 44.1 Å². The molecule has 1 radical (unpaired) electrons. The molecule has 0 heterocycles. The molecule has 20 heavy (non-hydrogen) atoms. The van der Waals surface area contributed by atoms with Crippen molar-refractivity contribution in [3.63, 3.8) is 0 Å². The highest BCUT2D eigenvalue weighted by Gasteiger charge is 2.45. The molecule has 1 aliphatic carbocycles. The molecule has 3 heteroatoms. The van der Waals surface area contributed by atoms with Crippen molar-refractivity contribution in [1.82, 2.24) is 4.90 Å². The molecule has 0 aromatic carbocycles. The first-order chi connectivity index (χ1) is 8.88. The van der Waals surface area contributed by atoms with Crippen molar-refractivity contribution in [2.24, 2.45) is 16.2 Å². The Labute approximate surface area is 123 Å². The zero-order valence-corrected chi connectivity index (χ0v) is 14.0. The fourth-order valence-electron chi connectivity index (χ4n) is 3.29. The van der Waals surface area contributed by atoms with Gasteiger partial charge in [0.2, 0.25) is 6.54 Å². The number of carbonyl (C=O) groups is 1. The highest BCUT2D eigenvalue weighted by atomic mass is 16.2. The molecule has 3 nitrogen and oxygen atoms in total. The number of carbonyl (C=O) groups excluding carboxylic acids is 1. The van der Waals surface area contributed by atoms with Crippen molar-refractivity contribution in [2.45, 2.75) is 61.3 Å². The Morgan fingerprint density at radius 1 is 1.35 bits per heavy atom. The van der Waals surface area contributed by atoms with Crippen LogP contribution in [0.1, 0.15) is 61.3 Å². The van der Waals surface area contributed by atoms with E-state index >= 15 is 0 Å². The minimum Gasteiger partial charge on any atom is -0.224 e. The van der Waals surface area contributed by atoms with Crippen molar-refractivity contribution in [3.05, 3.63) is 11.8 Å². The second kappa shape index (κ2) is 5.33. The van der Waals surface area contributed by atoms with E-state index < -0.39 is 5.41 Å². The van der Waals surface area contributed by atoms with Gasteiger partial charge in [-0.3, -0.25) is 0 Å². The van der Waals surface area contributed by atoms with Crippen LogP contribution >= 0.6 is 0 Å². The first-order valence-electron chi connectivity index (χ1n) is 7.29. The summed E-state index contributed by atoms with van der Waals surface area (Å²) in [5.74, 6) is 0.0267. The van der Waals surface area contributed by atoms with Crippen molar-refractivity contribution in [3.8, 4) is 6.07 Å². The summed E-state index contributed by atoms with van der Waals surface area (Å²) < 4.78 is 0. The van der Waals surface area contributed by atoms with Crippen molar-refractivity contribution >= 4 is 5.91 Å². The molecule has 1 amide bonds. The standard InChI is InChI=1S/C17H28N2O/c1-15(2,3)14(20)19(9-8-18)13-10-16(4,5)12-17(6,7)11-13/h10H,9,11-12H2,1-7H3/q+1. The Kier molecular flexibility index (Phi) is 4.51. The summed E-state index contributed by atoms with van der Waals surface area (Å²) in [6.07, 6.45) is 4.12. The summed E-state index contributed by atoms with van der Waals surface area (Å²) in [7, 11) is 0. The minimum absolute atomic E-state index is 0.0267. The van der Waals surface area contributed by atoms with Crippen LogP contribution in [0.5, 0.6) is 0 Å². The number of amides is 1. The van der Waals surface area contributed by atoms with Crippen LogP contribution in [0.4, 0.5) is 0 Å². The quantitative estimate of drug-likeness (QED) is 0.566. The van der Waals surface area contributed by atoms with Crippen LogP contribution in [-0.2, 0) is 4.79 Å². The van der Waals surface area contributed by atoms with Gasteiger partial charge in [-0.25, -0.2) is 4.79 Å². The van der Waals surface area contributed by atoms with Crippen LogP contribution in [0.3, 0.4) is 0 Å². The van der Waals surface area contributed by atoms with E-state index in [4.69, 9.17) is 5.26 Å². The van der Waals surface area contributed by atoms with Crippen LogP contribution in [0, 0.1) is 27.6 Å². The van der Waals surface area contributed by atoms with E-state index in [1.54, 1.807) is 4.90 Å². The third kappa shape index (κ3) is 4.18. The number of rotatable bonds is 2. The average Bonchev–Trinajstić information content (AvgIpc) is 2.19. The molecule has 0 N–H and O–H groups in total. The van der Waals surface area contributed by atoms with Gasteiger partial charge in [0.1, 0.15) is 6.07 Å². The number of allylic oxidation sites excluding steroid dienone is 2. The van der Waals surface area contributed by atoms with Crippen LogP contribution in [0.2, 0.25) is 0 Å². The summed E-state index contributed by atoms with van der Waals surface area (Å²) in [5.41, 5.74) is 0.749. The first kappa shape index (κ1) is 16.9. The molecule has 0 saturated heterocycles. The second-order valence-electron chi connectivity index (χ2n) is 8.44. The van der Waals surface area contributed by atoms with Crippen molar-refractivity contribution in [1.29, 1.82) is 5.26 Å². The maximum atomic E-state index is 12.6. The number of nitriles is 1. The van der Waals surface area contributed by atoms with E-state index in [0.717, 1.165) is 18.5 Å². The van der Waals surface area contributed by atoms with Crippen molar-refractivity contribution < 1.29 is 4.79 Å². The Bertz CT molecular complexity index is 458. The smallest absolute Gasteiger partial charge is 0.224 e. The first-order valence-corrected chi connectivity index (χ1v) is 7.29. The highest BCUT2D eigenvalue weighted by Crippen LogP contribution is 2.45. The van der Waals surface area contributed by atoms with Gasteiger partial charge in [-0.2, -0.15) is 5.26 Å². The summed E-state index contributed by atoms with van der Waals surface area (Å²) in [4.78, 5) is 14.3. The summed E-state index contributed by atoms with van der Waals surface area (Å²) in [6, 6.07) is 2.14. The predicted molar refractivity (Wildman–Crippen MR) is 82.0 cm³/mol. The fraction of sp³-hybridized carbons (Fsp3) is 0.765. The summed E-state index contributed by atoms with van der Waals surface area (Å²) in [5, 5.41) is 9.07. The van der Waals surface area contributed by atoms with Crippen LogP contribution in [0.15, 0.2) is 11.8 Å². The van der Waals surface area contributed by atoms with Gasteiger partial charge >= 0.3 is 5.91 Å². The van der Waals surface area contributed by atoms with Gasteiger partial charge in [0.15, 0.2) is 5.70 Å². The van der Waals surface area contributed by atoms with Gasteiger partial charge in [-0.15, -0.1) is 0 Å². The predicted octanol–water partition coefficient (Wildman–Crippen LogP) is 3.95. The number of hydrogen-bond acceptors (Lipinski definition) is 2. The SMILES string of the molecule is CC1(C)C=C([N+](CC#N)C(=O)C(C)(C)C)CC(C)(C)C1. The monoisotopic (exact) mass is 276 g/mol. The van der Waals surface area contributed by atoms with E-state index in [0.29, 0.717) is 0 Å². The van der Waals surface area contributed by atoms with Crippen LogP contribution in [-0.4, -0.2) is 12.5 Å². The lowest BCUT2D eigenvalue weighted by atomic mass is 9.68. The topological polar surface area (TPSA) is 46.8 Å². The molecule has 0 saturated carbocycles. The third-order valence-corrected chi connectivity index (χ3v) is 3.61. The molecule has 0 aliphatic heterocycles. The number of nitrogens with zero attached hydrogens (tertiary/aromatic N) is 2. The summed E-state index contributed by atoms with van der Waals surface area (Å²) in [6.45, 7) is 14.7. The largest absolute Gasteiger partial charge is 0.372 e. The van der Waals surface area contributed by atoms with Crippen LogP contribution < -0.4 is 4.90 Å². The maximum absolute atomic E-state index is 12.6. The lowest BCUT2D eigenvalue weighted by molar-refractivity contribution is -0.132. The molecule has 0 spiro atoms. The molecule has 0 unspecified atom stereocenters. The highest BCUT2D eigenvalue weighted by molar-refractivity contribution is 5.86. The molecule has 111 valence electrons. The Morgan fingerprint density at radius 2 is 1.90 bits per heavy atom. The van der Waals surface area contributed by atoms with E-state index in [2.05, 4.69) is 39.8 Å². The van der Waals surface area contributed by atoms with E-state index in [1.807, 2.05) is 20.8 Å². The molecule has 1 aliphatic rings.